The van der Waals surface area contributed by atoms with Crippen LogP contribution in [0.1, 0.15) is 164 Å². The molecule has 0 radical (unpaired) electrons. The van der Waals surface area contributed by atoms with Crippen LogP contribution in [0.5, 0.6) is 0 Å². The van der Waals surface area contributed by atoms with Crippen LogP contribution in [0.2, 0.25) is 0 Å². The molecule has 0 saturated carbocycles. The number of hydrogen-bond acceptors (Lipinski definition) is 7. The second kappa shape index (κ2) is 18.5. The second-order valence-electron chi connectivity index (χ2n) is 21.8. The van der Waals surface area contributed by atoms with Gasteiger partial charge in [0.2, 0.25) is 0 Å². The number of rotatable bonds is 22. The fraction of sp³-hybridized carbons (Fsp3) is 1.00. The first-order valence-electron chi connectivity index (χ1n) is 18.6. The van der Waals surface area contributed by atoms with Crippen molar-refractivity contribution in [2.45, 2.75) is 205 Å². The molecule has 7 nitrogen and oxygen atoms in total. The van der Waals surface area contributed by atoms with Crippen LogP contribution in [0.3, 0.4) is 0 Å². The van der Waals surface area contributed by atoms with Crippen molar-refractivity contribution in [2.24, 2.45) is 21.7 Å². The van der Waals surface area contributed by atoms with Crippen LogP contribution < -0.4 is 0 Å². The van der Waals surface area contributed by atoms with Crippen LogP contribution in [0.4, 0.5) is 0 Å². The smallest absolute Gasteiger partial charge is 0.104 e. The Hall–Kier alpha value is -0.280. The molecule has 0 fully saturated rings. The molecule has 0 aromatic heterocycles. The predicted molar refractivity (Wildman–Crippen MR) is 202 cm³/mol. The molecular weight excluding hydrogens is 604 g/mol. The minimum atomic E-state index is -0.828. The van der Waals surface area contributed by atoms with Gasteiger partial charge in [0.15, 0.2) is 0 Å². The van der Waals surface area contributed by atoms with Crippen molar-refractivity contribution in [3.63, 3.8) is 0 Å². The van der Waals surface area contributed by atoms with E-state index in [1.807, 2.05) is 0 Å². The molecule has 0 spiro atoms. The van der Waals surface area contributed by atoms with Gasteiger partial charge in [0.05, 0.1) is 62.0 Å². The summed E-state index contributed by atoms with van der Waals surface area (Å²) >= 11 is 0. The highest BCUT2D eigenvalue weighted by Gasteiger charge is 2.32. The van der Waals surface area contributed by atoms with Gasteiger partial charge in [0.1, 0.15) is 18.3 Å². The fourth-order valence-corrected chi connectivity index (χ4v) is 7.42. The molecule has 0 heterocycles. The van der Waals surface area contributed by atoms with Crippen LogP contribution in [-0.2, 0) is 28.4 Å². The SMILES string of the molecule is CC(C)(C)CC(C)(C)OCC(COC(C)(C)CC(C)(C)C)OCC(O)COC(COC(C)(C)CC(C)(C)C)COC(C)(C)CC(C)(C)C. The first kappa shape index (κ1) is 47.7. The molecule has 0 aliphatic carbocycles. The van der Waals surface area contributed by atoms with Gasteiger partial charge < -0.3 is 33.5 Å². The first-order chi connectivity index (χ1) is 21.1. The topological polar surface area (TPSA) is 75.6 Å². The number of ether oxygens (including phenoxy) is 6. The highest BCUT2D eigenvalue weighted by Crippen LogP contribution is 2.33. The standard InChI is InChI=1S/C41H84O7/c1-34(2,3)27-38(13,14)45-23-32(24-46-39(15,16)28-35(4,5)6)43-21-31(42)22-44-33(25-47-40(17,18)29-36(7,8)9)26-48-41(19,20)30-37(10,11)12/h31-33,42H,21-30H2,1-20H3. The van der Waals surface area contributed by atoms with Crippen LogP contribution in [0.25, 0.3) is 0 Å². The van der Waals surface area contributed by atoms with E-state index in [0.717, 1.165) is 25.7 Å². The third kappa shape index (κ3) is 27.4. The summed E-state index contributed by atoms with van der Waals surface area (Å²) in [4.78, 5) is 0. The number of hydrogen-bond donors (Lipinski definition) is 1. The Balaban J connectivity index is 5.57. The van der Waals surface area contributed by atoms with Crippen molar-refractivity contribution in [3.8, 4) is 0 Å². The van der Waals surface area contributed by atoms with Crippen molar-refractivity contribution in [2.75, 3.05) is 39.6 Å². The normalized spacial score (nSPS) is 15.0. The van der Waals surface area contributed by atoms with E-state index < -0.39 is 6.10 Å². The molecular formula is C41H84O7. The van der Waals surface area contributed by atoms with Gasteiger partial charge in [-0.1, -0.05) is 83.1 Å². The maximum absolute atomic E-state index is 11.1. The molecule has 290 valence electrons. The molecule has 7 heteroatoms. The summed E-state index contributed by atoms with van der Waals surface area (Å²) in [6, 6.07) is 0. The van der Waals surface area contributed by atoms with Gasteiger partial charge in [0.25, 0.3) is 0 Å². The van der Waals surface area contributed by atoms with Crippen LogP contribution in [0, 0.1) is 21.7 Å². The minimum Gasteiger partial charge on any atom is -0.388 e. The van der Waals surface area contributed by atoms with Crippen molar-refractivity contribution in [1.82, 2.24) is 0 Å². The van der Waals surface area contributed by atoms with Crippen LogP contribution in [-0.4, -0.2) is 85.5 Å². The Morgan fingerprint density at radius 2 is 0.521 bits per heavy atom. The molecule has 1 N–H and O–H groups in total. The monoisotopic (exact) mass is 689 g/mol. The Labute approximate surface area is 299 Å². The zero-order chi connectivity index (χ0) is 38.0. The third-order valence-electron chi connectivity index (χ3n) is 7.51. The maximum atomic E-state index is 11.1. The van der Waals surface area contributed by atoms with Crippen molar-refractivity contribution in [3.05, 3.63) is 0 Å². The first-order valence-corrected chi connectivity index (χ1v) is 18.6. The van der Waals surface area contributed by atoms with E-state index >= 15 is 0 Å². The maximum Gasteiger partial charge on any atom is 0.104 e. The Morgan fingerprint density at radius 1 is 0.333 bits per heavy atom. The number of aliphatic hydroxyl groups excluding tert-OH is 1. The van der Waals surface area contributed by atoms with E-state index in [-0.39, 0.29) is 69.5 Å². The van der Waals surface area contributed by atoms with Gasteiger partial charge in [-0.3, -0.25) is 0 Å². The summed E-state index contributed by atoms with van der Waals surface area (Å²) in [7, 11) is 0. The lowest BCUT2D eigenvalue weighted by molar-refractivity contribution is -0.161. The average molecular weight is 689 g/mol. The summed E-state index contributed by atoms with van der Waals surface area (Å²) in [5.41, 5.74) is -0.763. The molecule has 0 aliphatic heterocycles. The molecule has 0 aromatic carbocycles. The molecule has 0 aliphatic rings. The molecule has 0 atom stereocenters. The highest BCUT2D eigenvalue weighted by molar-refractivity contribution is 4.82. The average Bonchev–Trinajstić information content (AvgIpc) is 2.76. The van der Waals surface area contributed by atoms with Gasteiger partial charge in [-0.05, 0) is 103 Å². The van der Waals surface area contributed by atoms with Crippen molar-refractivity contribution >= 4 is 0 Å². The second-order valence-corrected chi connectivity index (χ2v) is 21.8. The van der Waals surface area contributed by atoms with E-state index in [2.05, 4.69) is 138 Å². The summed E-state index contributed by atoms with van der Waals surface area (Å²) in [6.45, 7) is 45.4. The Kier molecular flexibility index (Phi) is 18.4. The van der Waals surface area contributed by atoms with Gasteiger partial charge in [-0.2, -0.15) is 0 Å². The lowest BCUT2D eigenvalue weighted by atomic mass is 9.83. The van der Waals surface area contributed by atoms with E-state index in [1.165, 1.54) is 0 Å². The van der Waals surface area contributed by atoms with E-state index in [4.69, 9.17) is 28.4 Å². The van der Waals surface area contributed by atoms with Crippen LogP contribution in [0.15, 0.2) is 0 Å². The van der Waals surface area contributed by atoms with E-state index in [1.54, 1.807) is 0 Å². The quantitative estimate of drug-likeness (QED) is 0.121. The lowest BCUT2D eigenvalue weighted by Gasteiger charge is -2.36. The van der Waals surface area contributed by atoms with E-state index in [9.17, 15) is 5.11 Å². The third-order valence-corrected chi connectivity index (χ3v) is 7.51. The summed E-state index contributed by atoms with van der Waals surface area (Å²) < 4.78 is 38.2. The molecule has 0 amide bonds. The summed E-state index contributed by atoms with van der Waals surface area (Å²) in [5.74, 6) is 0. The van der Waals surface area contributed by atoms with Gasteiger partial charge in [-0.25, -0.2) is 0 Å². The fourth-order valence-electron chi connectivity index (χ4n) is 7.42. The Bertz CT molecular complexity index is 742. The molecule has 48 heavy (non-hydrogen) atoms. The predicted octanol–water partition coefficient (Wildman–Crippen LogP) is 10.0. The highest BCUT2D eigenvalue weighted by atomic mass is 16.6. The molecule has 0 unspecified atom stereocenters. The summed E-state index contributed by atoms with van der Waals surface area (Å²) in [6.07, 6.45) is 2.13. The zero-order valence-electron chi connectivity index (χ0n) is 35.7. The molecule has 0 saturated heterocycles. The zero-order valence-corrected chi connectivity index (χ0v) is 35.7. The van der Waals surface area contributed by atoms with Crippen molar-refractivity contribution in [1.29, 1.82) is 0 Å². The van der Waals surface area contributed by atoms with Crippen molar-refractivity contribution < 1.29 is 33.5 Å². The van der Waals surface area contributed by atoms with Gasteiger partial charge in [-0.15, -0.1) is 0 Å². The molecule has 0 bridgehead atoms. The minimum absolute atomic E-state index is 0.107. The van der Waals surface area contributed by atoms with E-state index in [0.29, 0.717) is 26.4 Å². The van der Waals surface area contributed by atoms with Gasteiger partial charge in [0, 0.05) is 0 Å². The molecule has 0 aromatic rings. The largest absolute Gasteiger partial charge is 0.388 e. The van der Waals surface area contributed by atoms with Crippen LogP contribution >= 0.6 is 0 Å². The Morgan fingerprint density at radius 3 is 0.688 bits per heavy atom. The summed E-state index contributed by atoms with van der Waals surface area (Å²) in [5, 5.41) is 11.1. The lowest BCUT2D eigenvalue weighted by Crippen LogP contribution is -2.41. The van der Waals surface area contributed by atoms with Gasteiger partial charge >= 0.3 is 0 Å². The number of aliphatic hydroxyl groups is 1. The molecule has 0 rings (SSSR count).